The molecule has 0 spiro atoms. The minimum Gasteiger partial charge on any atom is -0.389 e. The number of nitrogens with zero attached hydrogens (tertiary/aromatic N) is 1. The van der Waals surface area contributed by atoms with Crippen LogP contribution in [0.5, 0.6) is 0 Å². The molecular formula is C9H6Br2N4OS2. The van der Waals surface area contributed by atoms with Crippen molar-refractivity contribution in [3.05, 3.63) is 31.0 Å². The second-order valence-corrected chi connectivity index (χ2v) is 7.40. The summed E-state index contributed by atoms with van der Waals surface area (Å²) in [6, 6.07) is 1.72. The second-order valence-electron chi connectivity index (χ2n) is 3.21. The van der Waals surface area contributed by atoms with Gasteiger partial charge in [0, 0.05) is 0 Å². The maximum absolute atomic E-state index is 12.0. The van der Waals surface area contributed by atoms with Crippen molar-refractivity contribution in [2.45, 2.75) is 0 Å². The fourth-order valence-corrected chi connectivity index (χ4v) is 4.19. The highest BCUT2D eigenvalue weighted by atomic mass is 79.9. The standard InChI is InChI=1S/C9H6Br2N4OS2/c10-5-1-3(6(11)18-5)9(16)14-8-4(7(12)17)2-13-15-8/h1-2H,(H2,12,17)(H2,13,14,15,16). The van der Waals surface area contributed by atoms with Crippen LogP contribution >= 0.6 is 55.4 Å². The molecule has 0 aromatic carbocycles. The van der Waals surface area contributed by atoms with Crippen LogP contribution in [0, 0.1) is 0 Å². The molecule has 0 saturated heterocycles. The van der Waals surface area contributed by atoms with Gasteiger partial charge in [0.25, 0.3) is 5.91 Å². The van der Waals surface area contributed by atoms with Crippen LogP contribution in [-0.2, 0) is 0 Å². The van der Waals surface area contributed by atoms with E-state index in [9.17, 15) is 4.79 Å². The van der Waals surface area contributed by atoms with E-state index in [-0.39, 0.29) is 10.9 Å². The zero-order valence-electron chi connectivity index (χ0n) is 8.66. The smallest absolute Gasteiger partial charge is 0.258 e. The Hall–Kier alpha value is -0.770. The topological polar surface area (TPSA) is 83.8 Å². The largest absolute Gasteiger partial charge is 0.389 e. The number of aromatic amines is 1. The molecule has 0 saturated carbocycles. The zero-order valence-corrected chi connectivity index (χ0v) is 13.5. The molecule has 2 aromatic heterocycles. The number of nitrogens with two attached hydrogens (primary N) is 1. The fourth-order valence-electron chi connectivity index (χ4n) is 1.24. The molecule has 2 heterocycles. The van der Waals surface area contributed by atoms with Crippen LogP contribution in [-0.4, -0.2) is 21.1 Å². The Morgan fingerprint density at radius 2 is 2.22 bits per heavy atom. The molecule has 0 atom stereocenters. The summed E-state index contributed by atoms with van der Waals surface area (Å²) in [6.07, 6.45) is 1.47. The van der Waals surface area contributed by atoms with Gasteiger partial charge in [-0.15, -0.1) is 11.3 Å². The maximum Gasteiger partial charge on any atom is 0.258 e. The Balaban J connectivity index is 2.24. The number of hydrogen-bond donors (Lipinski definition) is 3. The normalized spacial score (nSPS) is 10.3. The number of rotatable bonds is 3. The van der Waals surface area contributed by atoms with Crippen molar-refractivity contribution >= 4 is 72.1 Å². The minimum absolute atomic E-state index is 0.171. The van der Waals surface area contributed by atoms with Gasteiger partial charge in [0.2, 0.25) is 0 Å². The molecule has 2 rings (SSSR count). The predicted octanol–water partition coefficient (Wildman–Crippen LogP) is 2.88. The molecule has 0 radical (unpaired) electrons. The molecule has 0 aliphatic rings. The van der Waals surface area contributed by atoms with Gasteiger partial charge in [0.1, 0.15) is 10.8 Å². The van der Waals surface area contributed by atoms with Crippen molar-refractivity contribution < 1.29 is 4.79 Å². The maximum atomic E-state index is 12.0. The van der Waals surface area contributed by atoms with Crippen LogP contribution in [0.15, 0.2) is 19.8 Å². The summed E-state index contributed by atoms with van der Waals surface area (Å²) in [6.45, 7) is 0. The first kappa shape index (κ1) is 13.7. The highest BCUT2D eigenvalue weighted by Crippen LogP contribution is 2.32. The zero-order chi connectivity index (χ0) is 13.3. The van der Waals surface area contributed by atoms with E-state index in [0.717, 1.165) is 7.57 Å². The number of amides is 1. The van der Waals surface area contributed by atoms with Crippen molar-refractivity contribution in [3.8, 4) is 0 Å². The van der Waals surface area contributed by atoms with E-state index in [1.54, 1.807) is 6.07 Å². The van der Waals surface area contributed by atoms with E-state index in [0.29, 0.717) is 16.9 Å². The monoisotopic (exact) mass is 408 g/mol. The van der Waals surface area contributed by atoms with E-state index < -0.39 is 0 Å². The highest BCUT2D eigenvalue weighted by Gasteiger charge is 2.16. The van der Waals surface area contributed by atoms with Gasteiger partial charge in [-0.3, -0.25) is 9.89 Å². The predicted molar refractivity (Wildman–Crippen MR) is 82.1 cm³/mol. The van der Waals surface area contributed by atoms with E-state index in [1.807, 2.05) is 0 Å². The molecule has 1 amide bonds. The number of carbonyl (C=O) groups excluding carboxylic acids is 1. The van der Waals surface area contributed by atoms with E-state index in [2.05, 4.69) is 47.4 Å². The van der Waals surface area contributed by atoms with Crippen LogP contribution in [0.2, 0.25) is 0 Å². The molecular weight excluding hydrogens is 404 g/mol. The summed E-state index contributed by atoms with van der Waals surface area (Å²) in [5.41, 5.74) is 6.54. The number of aromatic nitrogens is 2. The third-order valence-electron chi connectivity index (χ3n) is 2.04. The Morgan fingerprint density at radius 1 is 1.50 bits per heavy atom. The van der Waals surface area contributed by atoms with Crippen molar-refractivity contribution in [2.75, 3.05) is 5.32 Å². The summed E-state index contributed by atoms with van der Waals surface area (Å²) < 4.78 is 1.60. The van der Waals surface area contributed by atoms with Crippen molar-refractivity contribution in [1.29, 1.82) is 0 Å². The van der Waals surface area contributed by atoms with Crippen LogP contribution < -0.4 is 11.1 Å². The van der Waals surface area contributed by atoms with Crippen molar-refractivity contribution in [2.24, 2.45) is 5.73 Å². The number of thiophene rings is 1. The average molecular weight is 410 g/mol. The Morgan fingerprint density at radius 3 is 2.78 bits per heavy atom. The molecule has 0 unspecified atom stereocenters. The SMILES string of the molecule is NC(=S)c1cn[nH]c1NC(=O)c1cc(Br)sc1Br. The quantitative estimate of drug-likeness (QED) is 0.680. The van der Waals surface area contributed by atoms with Gasteiger partial charge in [0.05, 0.1) is 24.9 Å². The molecule has 5 nitrogen and oxygen atoms in total. The number of carbonyl (C=O) groups is 1. The number of halogens is 2. The van der Waals surface area contributed by atoms with Crippen LogP contribution in [0.1, 0.15) is 15.9 Å². The highest BCUT2D eigenvalue weighted by molar-refractivity contribution is 9.12. The third-order valence-corrected chi connectivity index (χ3v) is 4.60. The molecule has 0 aliphatic heterocycles. The number of thiocarbonyl (C=S) groups is 1. The van der Waals surface area contributed by atoms with Gasteiger partial charge in [-0.25, -0.2) is 0 Å². The lowest BCUT2D eigenvalue weighted by Crippen LogP contribution is -2.16. The van der Waals surface area contributed by atoms with Gasteiger partial charge in [0.15, 0.2) is 0 Å². The number of H-pyrrole nitrogens is 1. The lowest BCUT2D eigenvalue weighted by atomic mass is 10.3. The average Bonchev–Trinajstić information content (AvgIpc) is 2.85. The van der Waals surface area contributed by atoms with Crippen LogP contribution in [0.3, 0.4) is 0 Å². The van der Waals surface area contributed by atoms with Crippen LogP contribution in [0.4, 0.5) is 5.82 Å². The first-order chi connectivity index (χ1) is 8.49. The van der Waals surface area contributed by atoms with E-state index in [1.165, 1.54) is 17.5 Å². The Bertz CT molecular complexity index is 622. The number of anilines is 1. The molecule has 18 heavy (non-hydrogen) atoms. The molecule has 2 aromatic rings. The summed E-state index contributed by atoms with van der Waals surface area (Å²) >= 11 is 12.9. The minimum atomic E-state index is -0.273. The summed E-state index contributed by atoms with van der Waals surface area (Å²) in [5, 5.41) is 9.11. The molecule has 0 fully saturated rings. The first-order valence-electron chi connectivity index (χ1n) is 4.58. The fraction of sp³-hybridized carbons (Fsp3) is 0. The molecule has 4 N–H and O–H groups in total. The Labute approximate surface area is 128 Å². The van der Waals surface area contributed by atoms with Crippen molar-refractivity contribution in [1.82, 2.24) is 10.2 Å². The van der Waals surface area contributed by atoms with E-state index >= 15 is 0 Å². The molecule has 0 bridgehead atoms. The van der Waals surface area contributed by atoms with Gasteiger partial charge >= 0.3 is 0 Å². The summed E-state index contributed by atoms with van der Waals surface area (Å²) in [4.78, 5) is 12.2. The second kappa shape index (κ2) is 5.47. The lowest BCUT2D eigenvalue weighted by molar-refractivity contribution is 0.102. The molecule has 0 aliphatic carbocycles. The third kappa shape index (κ3) is 2.79. The van der Waals surface area contributed by atoms with Gasteiger partial charge in [-0.2, -0.15) is 5.10 Å². The number of nitrogens with one attached hydrogen (secondary N) is 2. The summed E-state index contributed by atoms with van der Waals surface area (Å²) in [5.74, 6) is 0.118. The van der Waals surface area contributed by atoms with Gasteiger partial charge in [-0.05, 0) is 37.9 Å². The van der Waals surface area contributed by atoms with Crippen molar-refractivity contribution in [3.63, 3.8) is 0 Å². The molecule has 9 heteroatoms. The summed E-state index contributed by atoms with van der Waals surface area (Å²) in [7, 11) is 0. The lowest BCUT2D eigenvalue weighted by Gasteiger charge is -2.03. The first-order valence-corrected chi connectivity index (χ1v) is 7.39. The van der Waals surface area contributed by atoms with Gasteiger partial charge < -0.3 is 11.1 Å². The van der Waals surface area contributed by atoms with E-state index in [4.69, 9.17) is 18.0 Å². The van der Waals surface area contributed by atoms with Crippen LogP contribution in [0.25, 0.3) is 0 Å². The van der Waals surface area contributed by atoms with Gasteiger partial charge in [-0.1, -0.05) is 12.2 Å². The molecule has 94 valence electrons. The number of hydrogen-bond acceptors (Lipinski definition) is 4. The Kier molecular flexibility index (Phi) is 4.15.